The molecule has 0 spiro atoms. The minimum absolute atomic E-state index is 0.781. The van der Waals surface area contributed by atoms with Crippen LogP contribution in [-0.2, 0) is 0 Å². The lowest BCUT2D eigenvalue weighted by Crippen LogP contribution is -2.00. The van der Waals surface area contributed by atoms with Gasteiger partial charge in [-0.05, 0) is 31.2 Å². The molecule has 4 rings (SSSR count). The van der Waals surface area contributed by atoms with Crippen LogP contribution in [0.3, 0.4) is 0 Å². The van der Waals surface area contributed by atoms with E-state index in [9.17, 15) is 0 Å². The molecular formula is C17H13N5. The molecule has 1 aromatic carbocycles. The average molecular weight is 287 g/mol. The van der Waals surface area contributed by atoms with Gasteiger partial charge in [0, 0.05) is 36.4 Å². The van der Waals surface area contributed by atoms with E-state index < -0.39 is 0 Å². The van der Waals surface area contributed by atoms with Crippen LogP contribution in [0.15, 0.2) is 41.7 Å². The van der Waals surface area contributed by atoms with Gasteiger partial charge in [-0.15, -0.1) is 0 Å². The smallest absolute Gasteiger partial charge is 0.103 e. The Bertz CT molecular complexity index is 1050. The van der Waals surface area contributed by atoms with E-state index in [4.69, 9.17) is 9.97 Å². The molecule has 0 aliphatic carbocycles. The SMILES string of the molecule is C/N=C/c1nc2c3cccnc3c3ncccc3c2nc1C. The quantitative estimate of drug-likeness (QED) is 0.398. The Labute approximate surface area is 126 Å². The summed E-state index contributed by atoms with van der Waals surface area (Å²) < 4.78 is 0. The van der Waals surface area contributed by atoms with Crippen molar-refractivity contribution in [2.24, 2.45) is 4.99 Å². The first-order chi connectivity index (χ1) is 10.8. The van der Waals surface area contributed by atoms with Crippen LogP contribution in [0.25, 0.3) is 32.8 Å². The zero-order chi connectivity index (χ0) is 15.1. The van der Waals surface area contributed by atoms with Gasteiger partial charge in [0.05, 0.1) is 27.8 Å². The summed E-state index contributed by atoms with van der Waals surface area (Å²) in [5.41, 5.74) is 5.03. The molecule has 0 unspecified atom stereocenters. The van der Waals surface area contributed by atoms with Crippen LogP contribution in [0, 0.1) is 6.92 Å². The molecule has 0 bridgehead atoms. The molecule has 4 aromatic rings. The topological polar surface area (TPSA) is 63.9 Å². The molecule has 0 saturated carbocycles. The number of aryl methyl sites for hydroxylation is 1. The maximum atomic E-state index is 4.76. The molecule has 3 aromatic heterocycles. The average Bonchev–Trinajstić information content (AvgIpc) is 2.56. The zero-order valence-corrected chi connectivity index (χ0v) is 12.3. The highest BCUT2D eigenvalue weighted by atomic mass is 14.9. The van der Waals surface area contributed by atoms with Crippen molar-refractivity contribution in [2.45, 2.75) is 6.92 Å². The van der Waals surface area contributed by atoms with E-state index >= 15 is 0 Å². The maximum Gasteiger partial charge on any atom is 0.103 e. The Morgan fingerprint density at radius 2 is 1.45 bits per heavy atom. The predicted octanol–water partition coefficient (Wildman–Crippen LogP) is 3.08. The summed E-state index contributed by atoms with van der Waals surface area (Å²) >= 11 is 0. The van der Waals surface area contributed by atoms with Crippen LogP contribution < -0.4 is 0 Å². The number of pyridine rings is 2. The normalized spacial score (nSPS) is 11.9. The van der Waals surface area contributed by atoms with Crippen LogP contribution in [0.5, 0.6) is 0 Å². The lowest BCUT2D eigenvalue weighted by molar-refractivity contribution is 1.17. The second-order valence-corrected chi connectivity index (χ2v) is 5.08. The number of aromatic nitrogens is 4. The number of hydrogen-bond donors (Lipinski definition) is 0. The van der Waals surface area contributed by atoms with Crippen molar-refractivity contribution in [3.8, 4) is 0 Å². The van der Waals surface area contributed by atoms with Crippen LogP contribution in [0.2, 0.25) is 0 Å². The number of rotatable bonds is 1. The largest absolute Gasteiger partial charge is 0.294 e. The predicted molar refractivity (Wildman–Crippen MR) is 88.4 cm³/mol. The van der Waals surface area contributed by atoms with Crippen molar-refractivity contribution in [1.82, 2.24) is 19.9 Å². The number of hydrogen-bond acceptors (Lipinski definition) is 5. The van der Waals surface area contributed by atoms with Gasteiger partial charge >= 0.3 is 0 Å². The van der Waals surface area contributed by atoms with Gasteiger partial charge in [-0.2, -0.15) is 0 Å². The lowest BCUT2D eigenvalue weighted by atomic mass is 10.1. The molecule has 0 radical (unpaired) electrons. The molecule has 22 heavy (non-hydrogen) atoms. The first kappa shape index (κ1) is 12.8. The molecule has 0 aliphatic heterocycles. The van der Waals surface area contributed by atoms with Crippen molar-refractivity contribution in [1.29, 1.82) is 0 Å². The number of fused-ring (bicyclic) bond motifs is 6. The van der Waals surface area contributed by atoms with Crippen molar-refractivity contribution in [3.05, 3.63) is 48.0 Å². The van der Waals surface area contributed by atoms with Crippen molar-refractivity contribution >= 4 is 39.1 Å². The van der Waals surface area contributed by atoms with Gasteiger partial charge in [-0.3, -0.25) is 15.0 Å². The summed E-state index contributed by atoms with van der Waals surface area (Å²) in [5.74, 6) is 0. The third kappa shape index (κ3) is 1.75. The highest BCUT2D eigenvalue weighted by Gasteiger charge is 2.13. The molecule has 5 heteroatoms. The summed E-state index contributed by atoms with van der Waals surface area (Å²) in [6.07, 6.45) is 5.29. The van der Waals surface area contributed by atoms with E-state index in [2.05, 4.69) is 15.0 Å². The van der Waals surface area contributed by atoms with E-state index in [1.165, 1.54) is 0 Å². The number of benzene rings is 1. The second kappa shape index (κ2) is 4.80. The summed E-state index contributed by atoms with van der Waals surface area (Å²) in [4.78, 5) is 22.6. The summed E-state index contributed by atoms with van der Waals surface area (Å²) in [5, 5.41) is 1.93. The molecule has 0 amide bonds. The minimum atomic E-state index is 0.781. The fourth-order valence-electron chi connectivity index (χ4n) is 2.72. The second-order valence-electron chi connectivity index (χ2n) is 5.08. The van der Waals surface area contributed by atoms with Crippen molar-refractivity contribution in [3.63, 3.8) is 0 Å². The highest BCUT2D eigenvalue weighted by molar-refractivity contribution is 6.20. The summed E-state index contributed by atoms with van der Waals surface area (Å²) in [6.45, 7) is 1.94. The Hall–Kier alpha value is -2.95. The molecule has 5 nitrogen and oxygen atoms in total. The molecule has 106 valence electrons. The van der Waals surface area contributed by atoms with Crippen LogP contribution in [-0.4, -0.2) is 33.2 Å². The number of aliphatic imine (C=N–C) groups is 1. The van der Waals surface area contributed by atoms with Gasteiger partial charge in [0.25, 0.3) is 0 Å². The molecule has 3 heterocycles. The Balaban J connectivity index is 2.32. The summed E-state index contributed by atoms with van der Waals surface area (Å²) in [6, 6.07) is 7.84. The third-order valence-electron chi connectivity index (χ3n) is 3.71. The van der Waals surface area contributed by atoms with Crippen LogP contribution >= 0.6 is 0 Å². The Kier molecular flexibility index (Phi) is 2.79. The van der Waals surface area contributed by atoms with Gasteiger partial charge in [0.2, 0.25) is 0 Å². The zero-order valence-electron chi connectivity index (χ0n) is 12.3. The van der Waals surface area contributed by atoms with E-state index in [0.717, 1.165) is 44.2 Å². The first-order valence-corrected chi connectivity index (χ1v) is 7.01. The fraction of sp³-hybridized carbons (Fsp3) is 0.118. The van der Waals surface area contributed by atoms with E-state index in [-0.39, 0.29) is 0 Å². The molecule has 0 aliphatic rings. The monoisotopic (exact) mass is 287 g/mol. The number of nitrogens with zero attached hydrogens (tertiary/aromatic N) is 5. The molecular weight excluding hydrogens is 274 g/mol. The summed E-state index contributed by atoms with van der Waals surface area (Å²) in [7, 11) is 1.73. The van der Waals surface area contributed by atoms with Gasteiger partial charge in [0.1, 0.15) is 5.69 Å². The molecule has 0 N–H and O–H groups in total. The maximum absolute atomic E-state index is 4.76. The molecule has 0 fully saturated rings. The van der Waals surface area contributed by atoms with Gasteiger partial charge < -0.3 is 0 Å². The highest BCUT2D eigenvalue weighted by Crippen LogP contribution is 2.30. The Morgan fingerprint density at radius 3 is 2.05 bits per heavy atom. The van der Waals surface area contributed by atoms with Crippen LogP contribution in [0.4, 0.5) is 0 Å². The van der Waals surface area contributed by atoms with Crippen molar-refractivity contribution < 1.29 is 0 Å². The standard InChI is InChI=1S/C17H13N5/c1-10-13(9-18-2)22-17-12-6-4-8-20-15(12)14-11(16(17)21-10)5-3-7-19-14/h3-9H,1-2H3/b18-9+. The van der Waals surface area contributed by atoms with E-state index in [1.54, 1.807) is 25.7 Å². The van der Waals surface area contributed by atoms with E-state index in [0.29, 0.717) is 0 Å². The molecule has 0 saturated heterocycles. The third-order valence-corrected chi connectivity index (χ3v) is 3.71. The van der Waals surface area contributed by atoms with Crippen LogP contribution in [0.1, 0.15) is 11.4 Å². The van der Waals surface area contributed by atoms with E-state index in [1.807, 2.05) is 31.2 Å². The lowest BCUT2D eigenvalue weighted by Gasteiger charge is -2.09. The Morgan fingerprint density at radius 1 is 0.864 bits per heavy atom. The van der Waals surface area contributed by atoms with Gasteiger partial charge in [-0.25, -0.2) is 9.97 Å². The van der Waals surface area contributed by atoms with Crippen molar-refractivity contribution in [2.75, 3.05) is 7.05 Å². The minimum Gasteiger partial charge on any atom is -0.294 e. The van der Waals surface area contributed by atoms with Gasteiger partial charge in [-0.1, -0.05) is 0 Å². The fourth-order valence-corrected chi connectivity index (χ4v) is 2.72. The molecule has 0 atom stereocenters. The first-order valence-electron chi connectivity index (χ1n) is 7.01. The van der Waals surface area contributed by atoms with Gasteiger partial charge in [0.15, 0.2) is 0 Å².